The van der Waals surface area contributed by atoms with Crippen LogP contribution in [-0.4, -0.2) is 21.1 Å². The smallest absolute Gasteiger partial charge is 0.229 e. The lowest BCUT2D eigenvalue weighted by atomic mass is 10.0. The Morgan fingerprint density at radius 2 is 1.85 bits per heavy atom. The lowest BCUT2D eigenvalue weighted by molar-refractivity contribution is -0.115. The van der Waals surface area contributed by atoms with Crippen molar-refractivity contribution in [2.24, 2.45) is 0 Å². The summed E-state index contributed by atoms with van der Waals surface area (Å²) in [6.07, 6.45) is 1.99. The molecule has 4 rings (SSSR count). The van der Waals surface area contributed by atoms with Crippen LogP contribution in [-0.2, 0) is 11.2 Å². The molecular formula is C20H17N5O. The number of benzene rings is 2. The van der Waals surface area contributed by atoms with Crippen LogP contribution in [0.1, 0.15) is 5.56 Å². The molecule has 128 valence electrons. The molecule has 0 radical (unpaired) electrons. The largest absolute Gasteiger partial charge is 0.382 e. The fourth-order valence-corrected chi connectivity index (χ4v) is 2.86. The minimum Gasteiger partial charge on any atom is -0.382 e. The van der Waals surface area contributed by atoms with Crippen molar-refractivity contribution >= 4 is 28.4 Å². The molecule has 6 heteroatoms. The van der Waals surface area contributed by atoms with Crippen LogP contribution in [0.15, 0.2) is 66.9 Å². The second-order valence-corrected chi connectivity index (χ2v) is 6.01. The maximum Gasteiger partial charge on any atom is 0.229 e. The van der Waals surface area contributed by atoms with Gasteiger partial charge in [0.25, 0.3) is 0 Å². The summed E-state index contributed by atoms with van der Waals surface area (Å²) in [4.78, 5) is 16.5. The summed E-state index contributed by atoms with van der Waals surface area (Å²) < 4.78 is 0. The highest BCUT2D eigenvalue weighted by Crippen LogP contribution is 2.27. The van der Waals surface area contributed by atoms with Gasteiger partial charge in [-0.2, -0.15) is 5.10 Å². The molecule has 0 aliphatic heterocycles. The predicted molar refractivity (Wildman–Crippen MR) is 103 cm³/mol. The van der Waals surface area contributed by atoms with Crippen molar-refractivity contribution in [3.63, 3.8) is 0 Å². The quantitative estimate of drug-likeness (QED) is 0.529. The van der Waals surface area contributed by atoms with Crippen molar-refractivity contribution in [1.82, 2.24) is 15.2 Å². The number of carbonyl (C=O) groups is 1. The first kappa shape index (κ1) is 15.8. The van der Waals surface area contributed by atoms with Crippen molar-refractivity contribution in [2.75, 3.05) is 11.1 Å². The highest BCUT2D eigenvalue weighted by atomic mass is 16.1. The first-order valence-electron chi connectivity index (χ1n) is 8.23. The molecule has 26 heavy (non-hydrogen) atoms. The van der Waals surface area contributed by atoms with E-state index in [4.69, 9.17) is 5.73 Å². The molecule has 0 saturated heterocycles. The normalized spacial score (nSPS) is 10.8. The predicted octanol–water partition coefficient (Wildman–Crippen LogP) is 3.39. The second-order valence-electron chi connectivity index (χ2n) is 6.01. The maximum absolute atomic E-state index is 12.2. The van der Waals surface area contributed by atoms with Crippen LogP contribution in [0.3, 0.4) is 0 Å². The van der Waals surface area contributed by atoms with Gasteiger partial charge in [0.1, 0.15) is 5.82 Å². The van der Waals surface area contributed by atoms with Gasteiger partial charge in [0.15, 0.2) is 5.82 Å². The number of pyridine rings is 1. The first-order valence-corrected chi connectivity index (χ1v) is 8.23. The van der Waals surface area contributed by atoms with Crippen molar-refractivity contribution in [3.05, 3.63) is 72.4 Å². The summed E-state index contributed by atoms with van der Waals surface area (Å²) in [5.41, 5.74) is 9.65. The van der Waals surface area contributed by atoms with Crippen LogP contribution in [0.25, 0.3) is 22.0 Å². The molecule has 2 heterocycles. The van der Waals surface area contributed by atoms with E-state index >= 15 is 0 Å². The van der Waals surface area contributed by atoms with E-state index in [1.54, 1.807) is 6.20 Å². The zero-order valence-corrected chi connectivity index (χ0v) is 13.9. The lowest BCUT2D eigenvalue weighted by Gasteiger charge is -2.07. The van der Waals surface area contributed by atoms with E-state index in [1.807, 2.05) is 60.7 Å². The number of nitrogens with zero attached hydrogens (tertiary/aromatic N) is 2. The van der Waals surface area contributed by atoms with Gasteiger partial charge in [-0.05, 0) is 41.0 Å². The Hall–Kier alpha value is -3.67. The van der Waals surface area contributed by atoms with Gasteiger partial charge in [-0.3, -0.25) is 9.89 Å². The SMILES string of the molecule is Nc1n[nH]c2ccc(-c3ccnc(NC(=O)Cc4ccccc4)c3)cc12. The summed E-state index contributed by atoms with van der Waals surface area (Å²) in [6.45, 7) is 0. The van der Waals surface area contributed by atoms with Crippen LogP contribution in [0, 0.1) is 0 Å². The van der Waals surface area contributed by atoms with Crippen LogP contribution >= 0.6 is 0 Å². The number of anilines is 2. The van der Waals surface area contributed by atoms with E-state index < -0.39 is 0 Å². The van der Waals surface area contributed by atoms with Gasteiger partial charge in [0.05, 0.1) is 11.9 Å². The maximum atomic E-state index is 12.2. The zero-order chi connectivity index (χ0) is 17.9. The minimum atomic E-state index is -0.101. The standard InChI is InChI=1S/C20H17N5O/c21-20-16-11-14(6-7-17(16)24-25-20)15-8-9-22-18(12-15)23-19(26)10-13-4-2-1-3-5-13/h1-9,11-12H,10H2,(H3,21,24,25)(H,22,23,26). The molecule has 0 unspecified atom stereocenters. The number of hydrogen-bond donors (Lipinski definition) is 3. The molecule has 0 aliphatic rings. The number of aromatic nitrogens is 3. The number of rotatable bonds is 4. The van der Waals surface area contributed by atoms with E-state index in [2.05, 4.69) is 20.5 Å². The molecule has 0 atom stereocenters. The average molecular weight is 343 g/mol. The van der Waals surface area contributed by atoms with Crippen molar-refractivity contribution in [2.45, 2.75) is 6.42 Å². The number of nitrogens with two attached hydrogens (primary N) is 1. The van der Waals surface area contributed by atoms with Crippen LogP contribution in [0.5, 0.6) is 0 Å². The highest BCUT2D eigenvalue weighted by Gasteiger charge is 2.08. The van der Waals surface area contributed by atoms with E-state index in [9.17, 15) is 4.79 Å². The molecular weight excluding hydrogens is 326 g/mol. The minimum absolute atomic E-state index is 0.101. The monoisotopic (exact) mass is 343 g/mol. The van der Waals surface area contributed by atoms with Crippen molar-refractivity contribution in [3.8, 4) is 11.1 Å². The summed E-state index contributed by atoms with van der Waals surface area (Å²) in [5.74, 6) is 0.881. The first-order chi connectivity index (χ1) is 12.7. The Bertz CT molecular complexity index is 1070. The topological polar surface area (TPSA) is 96.7 Å². The van der Waals surface area contributed by atoms with E-state index in [-0.39, 0.29) is 5.91 Å². The summed E-state index contributed by atoms with van der Waals surface area (Å²) in [5, 5.41) is 10.6. The molecule has 6 nitrogen and oxygen atoms in total. The van der Waals surface area contributed by atoms with E-state index in [0.717, 1.165) is 27.6 Å². The number of carbonyl (C=O) groups excluding carboxylic acids is 1. The molecule has 2 aromatic heterocycles. The molecule has 0 spiro atoms. The molecule has 0 bridgehead atoms. The number of hydrogen-bond acceptors (Lipinski definition) is 4. The molecule has 1 amide bonds. The Balaban J connectivity index is 1.55. The Morgan fingerprint density at radius 3 is 2.69 bits per heavy atom. The Kier molecular flexibility index (Phi) is 4.07. The molecule has 4 N–H and O–H groups in total. The van der Waals surface area contributed by atoms with Gasteiger partial charge in [0, 0.05) is 11.6 Å². The molecule has 0 saturated carbocycles. The summed E-state index contributed by atoms with van der Waals surface area (Å²) >= 11 is 0. The fraction of sp³-hybridized carbons (Fsp3) is 0.0500. The van der Waals surface area contributed by atoms with Crippen LogP contribution < -0.4 is 11.1 Å². The van der Waals surface area contributed by atoms with E-state index in [0.29, 0.717) is 18.1 Å². The number of amides is 1. The van der Waals surface area contributed by atoms with Gasteiger partial charge in [0.2, 0.25) is 5.91 Å². The third kappa shape index (κ3) is 3.25. The number of H-pyrrole nitrogens is 1. The number of nitrogens with one attached hydrogen (secondary N) is 2. The molecule has 2 aromatic carbocycles. The van der Waals surface area contributed by atoms with Gasteiger partial charge in [-0.1, -0.05) is 36.4 Å². The van der Waals surface area contributed by atoms with E-state index in [1.165, 1.54) is 0 Å². The van der Waals surface area contributed by atoms with Crippen molar-refractivity contribution < 1.29 is 4.79 Å². The zero-order valence-electron chi connectivity index (χ0n) is 13.9. The average Bonchev–Trinajstić information content (AvgIpc) is 3.03. The molecule has 0 aliphatic carbocycles. The summed E-state index contributed by atoms with van der Waals surface area (Å²) in [6, 6.07) is 19.2. The van der Waals surface area contributed by atoms with Crippen LogP contribution in [0.2, 0.25) is 0 Å². The van der Waals surface area contributed by atoms with Gasteiger partial charge in [-0.25, -0.2) is 4.98 Å². The highest BCUT2D eigenvalue weighted by molar-refractivity contribution is 5.94. The van der Waals surface area contributed by atoms with Gasteiger partial charge < -0.3 is 11.1 Å². The third-order valence-electron chi connectivity index (χ3n) is 4.16. The fourth-order valence-electron chi connectivity index (χ4n) is 2.86. The van der Waals surface area contributed by atoms with Gasteiger partial charge >= 0.3 is 0 Å². The molecule has 4 aromatic rings. The van der Waals surface area contributed by atoms with Crippen LogP contribution in [0.4, 0.5) is 11.6 Å². The second kappa shape index (κ2) is 6.68. The number of nitrogen functional groups attached to an aromatic ring is 1. The molecule has 0 fully saturated rings. The lowest BCUT2D eigenvalue weighted by Crippen LogP contribution is -2.15. The summed E-state index contributed by atoms with van der Waals surface area (Å²) in [7, 11) is 0. The third-order valence-corrected chi connectivity index (χ3v) is 4.16. The van der Waals surface area contributed by atoms with Crippen molar-refractivity contribution in [1.29, 1.82) is 0 Å². The number of aromatic amines is 1. The number of fused-ring (bicyclic) bond motifs is 1. The van der Waals surface area contributed by atoms with Gasteiger partial charge in [-0.15, -0.1) is 0 Å². The Labute approximate surface area is 150 Å². The Morgan fingerprint density at radius 1 is 1.04 bits per heavy atom.